The normalized spacial score (nSPS) is 29.6. The van der Waals surface area contributed by atoms with Gasteiger partial charge in [0.2, 0.25) is 0 Å². The van der Waals surface area contributed by atoms with Crippen LogP contribution in [0.25, 0.3) is 0 Å². The predicted molar refractivity (Wildman–Crippen MR) is 53.7 cm³/mol. The van der Waals surface area contributed by atoms with Crippen LogP contribution in [0.15, 0.2) is 24.3 Å². The molecule has 0 bridgehead atoms. The van der Waals surface area contributed by atoms with Gasteiger partial charge in [0.25, 0.3) is 0 Å². The zero-order valence-corrected chi connectivity index (χ0v) is 8.20. The van der Waals surface area contributed by atoms with Gasteiger partial charge in [-0.05, 0) is 18.9 Å². The number of benzene rings is 1. The van der Waals surface area contributed by atoms with Crippen LogP contribution in [0.5, 0.6) is 0 Å². The first-order valence-electron chi connectivity index (χ1n) is 4.82. The summed E-state index contributed by atoms with van der Waals surface area (Å²) in [5.41, 5.74) is 1.84. The maximum Gasteiger partial charge on any atom is 0.0877 e. The number of hydrogen-bond donors (Lipinski definition) is 1. The fraction of sp³-hybridized carbons (Fsp3) is 0.417. The van der Waals surface area contributed by atoms with E-state index in [-0.39, 0.29) is 12.5 Å². The van der Waals surface area contributed by atoms with Crippen LogP contribution in [0.1, 0.15) is 17.5 Å². The Morgan fingerprint density at radius 1 is 1.50 bits per heavy atom. The monoisotopic (exact) mass is 187 g/mol. The summed E-state index contributed by atoms with van der Waals surface area (Å²) in [4.78, 5) is 0. The molecule has 14 heavy (non-hydrogen) atoms. The van der Waals surface area contributed by atoms with Crippen molar-refractivity contribution in [2.45, 2.75) is 18.8 Å². The lowest BCUT2D eigenvalue weighted by Crippen LogP contribution is -2.08. The second-order valence-corrected chi connectivity index (χ2v) is 4.03. The van der Waals surface area contributed by atoms with Crippen molar-refractivity contribution in [3.8, 4) is 6.07 Å². The first-order valence-corrected chi connectivity index (χ1v) is 4.82. The number of aliphatic hydroxyl groups is 1. The van der Waals surface area contributed by atoms with Gasteiger partial charge in [-0.25, -0.2) is 0 Å². The van der Waals surface area contributed by atoms with Crippen LogP contribution in [-0.4, -0.2) is 11.7 Å². The molecule has 0 saturated heterocycles. The van der Waals surface area contributed by atoms with E-state index in [0.717, 1.165) is 12.0 Å². The van der Waals surface area contributed by atoms with E-state index in [4.69, 9.17) is 10.4 Å². The van der Waals surface area contributed by atoms with Crippen LogP contribution in [0.4, 0.5) is 0 Å². The topological polar surface area (TPSA) is 44.0 Å². The summed E-state index contributed by atoms with van der Waals surface area (Å²) >= 11 is 0. The van der Waals surface area contributed by atoms with E-state index >= 15 is 0 Å². The summed E-state index contributed by atoms with van der Waals surface area (Å²) in [6.45, 7) is 2.14. The molecule has 0 aliphatic heterocycles. The standard InChI is InChI=1S/C12H13NO/c1-9-2-4-10(5-3-9)12(8-13)6-11(12)7-14/h2-5,11,14H,6-7H2,1H3/t11-,12-/m1/s1. The molecule has 2 atom stereocenters. The average molecular weight is 187 g/mol. The van der Waals surface area contributed by atoms with E-state index < -0.39 is 5.41 Å². The molecule has 2 heteroatoms. The minimum atomic E-state index is -0.400. The minimum Gasteiger partial charge on any atom is -0.396 e. The van der Waals surface area contributed by atoms with Crippen molar-refractivity contribution in [1.82, 2.24) is 0 Å². The van der Waals surface area contributed by atoms with Gasteiger partial charge in [0, 0.05) is 12.5 Å². The van der Waals surface area contributed by atoms with Crippen molar-refractivity contribution < 1.29 is 5.11 Å². The Balaban J connectivity index is 2.32. The Bertz CT molecular complexity index is 376. The summed E-state index contributed by atoms with van der Waals surface area (Å²) in [6.07, 6.45) is 0.795. The third-order valence-electron chi connectivity index (χ3n) is 3.09. The first kappa shape index (κ1) is 9.23. The van der Waals surface area contributed by atoms with Crippen LogP contribution < -0.4 is 0 Å². The minimum absolute atomic E-state index is 0.113. The van der Waals surface area contributed by atoms with E-state index in [1.165, 1.54) is 5.56 Å². The van der Waals surface area contributed by atoms with Crippen molar-refractivity contribution in [2.75, 3.05) is 6.61 Å². The first-order chi connectivity index (χ1) is 6.73. The SMILES string of the molecule is Cc1ccc([C@]2(C#N)C[C@@H]2CO)cc1. The van der Waals surface area contributed by atoms with E-state index in [1.807, 2.05) is 31.2 Å². The molecule has 0 unspecified atom stereocenters. The highest BCUT2D eigenvalue weighted by atomic mass is 16.3. The number of hydrogen-bond acceptors (Lipinski definition) is 2. The molecule has 2 nitrogen and oxygen atoms in total. The number of rotatable bonds is 2. The van der Waals surface area contributed by atoms with Crippen molar-refractivity contribution in [3.05, 3.63) is 35.4 Å². The fourth-order valence-electron chi connectivity index (χ4n) is 1.96. The maximum atomic E-state index is 9.12. The molecule has 1 saturated carbocycles. The van der Waals surface area contributed by atoms with Crippen molar-refractivity contribution in [1.29, 1.82) is 5.26 Å². The van der Waals surface area contributed by atoms with Gasteiger partial charge in [0.05, 0.1) is 11.5 Å². The van der Waals surface area contributed by atoms with E-state index in [0.29, 0.717) is 0 Å². The number of nitrogens with zero attached hydrogens (tertiary/aromatic N) is 1. The zero-order valence-electron chi connectivity index (χ0n) is 8.20. The van der Waals surface area contributed by atoms with Crippen molar-refractivity contribution >= 4 is 0 Å². The number of nitriles is 1. The molecule has 1 aliphatic carbocycles. The quantitative estimate of drug-likeness (QED) is 0.766. The summed E-state index contributed by atoms with van der Waals surface area (Å²) < 4.78 is 0. The fourth-order valence-corrected chi connectivity index (χ4v) is 1.96. The molecular weight excluding hydrogens is 174 g/mol. The Morgan fingerprint density at radius 3 is 2.57 bits per heavy atom. The van der Waals surface area contributed by atoms with Gasteiger partial charge in [-0.1, -0.05) is 29.8 Å². The van der Waals surface area contributed by atoms with E-state index in [1.54, 1.807) is 0 Å². The summed E-state index contributed by atoms with van der Waals surface area (Å²) in [5.74, 6) is 0.134. The van der Waals surface area contributed by atoms with Crippen LogP contribution in [0, 0.1) is 24.2 Å². The molecule has 1 aromatic rings. The van der Waals surface area contributed by atoms with Crippen LogP contribution in [-0.2, 0) is 5.41 Å². The largest absolute Gasteiger partial charge is 0.396 e. The van der Waals surface area contributed by atoms with Gasteiger partial charge in [-0.15, -0.1) is 0 Å². The second-order valence-electron chi connectivity index (χ2n) is 4.03. The summed E-state index contributed by atoms with van der Waals surface area (Å²) in [6, 6.07) is 10.3. The lowest BCUT2D eigenvalue weighted by molar-refractivity contribution is 0.269. The lowest BCUT2D eigenvalue weighted by Gasteiger charge is -2.08. The Morgan fingerprint density at radius 2 is 2.14 bits per heavy atom. The highest BCUT2D eigenvalue weighted by Gasteiger charge is 2.55. The predicted octanol–water partition coefficient (Wildman–Crippen LogP) is 1.77. The molecule has 0 amide bonds. The van der Waals surface area contributed by atoms with Gasteiger partial charge in [0.1, 0.15) is 0 Å². The van der Waals surface area contributed by atoms with Gasteiger partial charge in [-0.2, -0.15) is 5.26 Å². The molecule has 1 fully saturated rings. The summed E-state index contributed by atoms with van der Waals surface area (Å²) in [5, 5.41) is 18.2. The van der Waals surface area contributed by atoms with Crippen molar-refractivity contribution in [2.24, 2.45) is 5.92 Å². The van der Waals surface area contributed by atoms with Crippen molar-refractivity contribution in [3.63, 3.8) is 0 Å². The lowest BCUT2D eigenvalue weighted by atomic mass is 9.94. The zero-order chi connectivity index (χ0) is 10.2. The van der Waals surface area contributed by atoms with Gasteiger partial charge >= 0.3 is 0 Å². The number of aliphatic hydroxyl groups excluding tert-OH is 1. The molecule has 1 aliphatic rings. The smallest absolute Gasteiger partial charge is 0.0877 e. The Hall–Kier alpha value is -1.33. The Kier molecular flexibility index (Phi) is 2.05. The van der Waals surface area contributed by atoms with E-state index in [2.05, 4.69) is 6.07 Å². The average Bonchev–Trinajstić information content (AvgIpc) is 2.94. The van der Waals surface area contributed by atoms with E-state index in [9.17, 15) is 0 Å². The molecule has 72 valence electrons. The number of aryl methyl sites for hydroxylation is 1. The molecule has 1 N–H and O–H groups in total. The molecule has 0 aromatic heterocycles. The molecule has 0 spiro atoms. The van der Waals surface area contributed by atoms with Gasteiger partial charge in [0.15, 0.2) is 0 Å². The molecular formula is C12H13NO. The molecule has 1 aromatic carbocycles. The third-order valence-corrected chi connectivity index (χ3v) is 3.09. The maximum absolute atomic E-state index is 9.12. The molecule has 0 heterocycles. The highest BCUT2D eigenvalue weighted by molar-refractivity contribution is 5.42. The van der Waals surface area contributed by atoms with Crippen LogP contribution >= 0.6 is 0 Å². The van der Waals surface area contributed by atoms with Gasteiger partial charge in [-0.3, -0.25) is 0 Å². The molecule has 0 radical (unpaired) electrons. The third kappa shape index (κ3) is 1.21. The summed E-state index contributed by atoms with van der Waals surface area (Å²) in [7, 11) is 0. The van der Waals surface area contributed by atoms with Crippen LogP contribution in [0.3, 0.4) is 0 Å². The molecule has 2 rings (SSSR count). The highest BCUT2D eigenvalue weighted by Crippen LogP contribution is 2.53. The Labute approximate surface area is 83.8 Å². The van der Waals surface area contributed by atoms with Crippen LogP contribution in [0.2, 0.25) is 0 Å². The second kappa shape index (κ2) is 3.11. The van der Waals surface area contributed by atoms with Gasteiger partial charge < -0.3 is 5.11 Å².